The van der Waals surface area contributed by atoms with E-state index in [0.29, 0.717) is 13.1 Å². The molecule has 0 atom stereocenters. The van der Waals surface area contributed by atoms with Crippen LogP contribution in [-0.4, -0.2) is 47.6 Å². The lowest BCUT2D eigenvalue weighted by Gasteiger charge is -1.94. The second kappa shape index (κ2) is 11.8. The van der Waals surface area contributed by atoms with Crippen molar-refractivity contribution < 1.29 is 20.1 Å². The van der Waals surface area contributed by atoms with Gasteiger partial charge in [-0.1, -0.05) is 30.3 Å². The molecule has 0 saturated heterocycles. The number of aliphatic hydroxyl groups is 2. The highest BCUT2D eigenvalue weighted by Crippen LogP contribution is 1.99. The summed E-state index contributed by atoms with van der Waals surface area (Å²) in [6.45, 7) is 1.42. The predicted molar refractivity (Wildman–Crippen MR) is 70.2 cm³/mol. The molecule has 0 saturated carbocycles. The van der Waals surface area contributed by atoms with Crippen molar-refractivity contribution in [1.29, 1.82) is 0 Å². The summed E-state index contributed by atoms with van der Waals surface area (Å²) in [6, 6.07) is 9.31. The van der Waals surface area contributed by atoms with Gasteiger partial charge in [0.2, 0.25) is 0 Å². The van der Waals surface area contributed by atoms with Crippen molar-refractivity contribution >= 4 is 12.0 Å². The molecule has 4 N–H and O–H groups in total. The van der Waals surface area contributed by atoms with E-state index in [2.05, 4.69) is 5.32 Å². The van der Waals surface area contributed by atoms with E-state index in [-0.39, 0.29) is 13.2 Å². The highest BCUT2D eigenvalue weighted by molar-refractivity contribution is 5.85. The maximum Gasteiger partial charge on any atom is 0.328 e. The molecular formula is C13H19NO4. The third kappa shape index (κ3) is 10.8. The summed E-state index contributed by atoms with van der Waals surface area (Å²) in [6.07, 6.45) is 2.68. The molecule has 1 rings (SSSR count). The Labute approximate surface area is 106 Å². The van der Waals surface area contributed by atoms with Gasteiger partial charge in [-0.25, -0.2) is 4.79 Å². The van der Waals surface area contributed by atoms with Crippen LogP contribution >= 0.6 is 0 Å². The minimum atomic E-state index is -0.922. The Bertz CT molecular complexity index is 334. The van der Waals surface area contributed by atoms with Crippen LogP contribution in [0.4, 0.5) is 0 Å². The molecule has 5 nitrogen and oxygen atoms in total. The minimum Gasteiger partial charge on any atom is -0.478 e. The first-order valence-electron chi connectivity index (χ1n) is 5.59. The van der Waals surface area contributed by atoms with Crippen LogP contribution in [0.1, 0.15) is 5.56 Å². The number of nitrogens with one attached hydrogen (secondary N) is 1. The monoisotopic (exact) mass is 253 g/mol. The molecular weight excluding hydrogens is 234 g/mol. The number of rotatable bonds is 6. The number of carbonyl (C=O) groups is 1. The average molecular weight is 253 g/mol. The fourth-order valence-corrected chi connectivity index (χ4v) is 1.01. The highest BCUT2D eigenvalue weighted by Gasteiger charge is 1.86. The summed E-state index contributed by atoms with van der Waals surface area (Å²) in [5.74, 6) is -0.922. The smallest absolute Gasteiger partial charge is 0.328 e. The standard InChI is InChI=1S/C9H8O2.C4H11NO2/c10-9(11)7-6-8-4-2-1-3-5-8;6-3-1-5-2-4-7/h1-7H,(H,10,11);5-7H,1-4H2/b7-6+;. The van der Waals surface area contributed by atoms with E-state index in [9.17, 15) is 4.79 Å². The normalized spacial score (nSPS) is 9.89. The van der Waals surface area contributed by atoms with E-state index in [4.69, 9.17) is 15.3 Å². The van der Waals surface area contributed by atoms with Crippen molar-refractivity contribution in [2.24, 2.45) is 0 Å². The van der Waals surface area contributed by atoms with Crippen molar-refractivity contribution in [3.05, 3.63) is 42.0 Å². The van der Waals surface area contributed by atoms with Crippen LogP contribution in [0.5, 0.6) is 0 Å². The van der Waals surface area contributed by atoms with Gasteiger partial charge < -0.3 is 20.6 Å². The van der Waals surface area contributed by atoms with Crippen molar-refractivity contribution in [2.45, 2.75) is 0 Å². The second-order valence-electron chi connectivity index (χ2n) is 3.28. The lowest BCUT2D eigenvalue weighted by atomic mass is 10.2. The number of carboxylic acid groups (broad SMARTS) is 1. The van der Waals surface area contributed by atoms with E-state index in [1.54, 1.807) is 6.08 Å². The zero-order chi connectivity index (χ0) is 13.6. The van der Waals surface area contributed by atoms with Gasteiger partial charge in [-0.2, -0.15) is 0 Å². The summed E-state index contributed by atoms with van der Waals surface area (Å²) < 4.78 is 0. The summed E-state index contributed by atoms with van der Waals surface area (Å²) in [7, 11) is 0. The number of carboxylic acids is 1. The van der Waals surface area contributed by atoms with Gasteiger partial charge in [0, 0.05) is 19.2 Å². The largest absolute Gasteiger partial charge is 0.478 e. The van der Waals surface area contributed by atoms with Crippen LogP contribution in [0, 0.1) is 0 Å². The third-order valence-electron chi connectivity index (χ3n) is 1.80. The first-order valence-corrected chi connectivity index (χ1v) is 5.59. The molecule has 0 bridgehead atoms. The van der Waals surface area contributed by atoms with E-state index in [0.717, 1.165) is 11.6 Å². The van der Waals surface area contributed by atoms with Crippen LogP contribution in [0.3, 0.4) is 0 Å². The quantitative estimate of drug-likeness (QED) is 0.434. The maximum absolute atomic E-state index is 10.1. The van der Waals surface area contributed by atoms with Crippen LogP contribution < -0.4 is 5.32 Å². The van der Waals surface area contributed by atoms with Gasteiger partial charge in [0.25, 0.3) is 0 Å². The molecule has 1 aromatic rings. The van der Waals surface area contributed by atoms with E-state index in [1.165, 1.54) is 0 Å². The molecule has 0 amide bonds. The number of aliphatic carboxylic acids is 1. The van der Waals surface area contributed by atoms with Crippen LogP contribution in [0.15, 0.2) is 36.4 Å². The molecule has 0 radical (unpaired) electrons. The van der Waals surface area contributed by atoms with Crippen LogP contribution in [0.25, 0.3) is 6.08 Å². The van der Waals surface area contributed by atoms with Crippen molar-refractivity contribution in [3.8, 4) is 0 Å². The molecule has 0 heterocycles. The average Bonchev–Trinajstić information content (AvgIpc) is 2.39. The zero-order valence-corrected chi connectivity index (χ0v) is 10.1. The Morgan fingerprint density at radius 2 is 1.67 bits per heavy atom. The number of benzene rings is 1. The van der Waals surface area contributed by atoms with Gasteiger partial charge in [-0.3, -0.25) is 0 Å². The van der Waals surface area contributed by atoms with E-state index < -0.39 is 5.97 Å². The Balaban J connectivity index is 0.000000360. The Hall–Kier alpha value is -1.69. The molecule has 1 aromatic carbocycles. The van der Waals surface area contributed by atoms with Crippen LogP contribution in [-0.2, 0) is 4.79 Å². The Morgan fingerprint density at radius 1 is 1.11 bits per heavy atom. The van der Waals surface area contributed by atoms with Crippen molar-refractivity contribution in [3.63, 3.8) is 0 Å². The Kier molecular flexibility index (Phi) is 10.7. The molecule has 0 aliphatic heterocycles. The van der Waals surface area contributed by atoms with Gasteiger partial charge in [0.1, 0.15) is 0 Å². The molecule has 0 aliphatic rings. The molecule has 18 heavy (non-hydrogen) atoms. The van der Waals surface area contributed by atoms with E-state index >= 15 is 0 Å². The number of aliphatic hydroxyl groups excluding tert-OH is 2. The maximum atomic E-state index is 10.1. The summed E-state index contributed by atoms with van der Waals surface area (Å²) in [4.78, 5) is 10.1. The fraction of sp³-hybridized carbons (Fsp3) is 0.308. The molecule has 0 aromatic heterocycles. The van der Waals surface area contributed by atoms with Gasteiger partial charge in [-0.05, 0) is 11.6 Å². The van der Waals surface area contributed by atoms with Gasteiger partial charge in [0.15, 0.2) is 0 Å². The molecule has 5 heteroatoms. The lowest BCUT2D eigenvalue weighted by Crippen LogP contribution is -2.21. The highest BCUT2D eigenvalue weighted by atomic mass is 16.4. The summed E-state index contributed by atoms with van der Waals surface area (Å²) in [5, 5.41) is 27.4. The fourth-order valence-electron chi connectivity index (χ4n) is 1.01. The first-order chi connectivity index (χ1) is 8.70. The minimum absolute atomic E-state index is 0.139. The van der Waals surface area contributed by atoms with E-state index in [1.807, 2.05) is 30.3 Å². The van der Waals surface area contributed by atoms with Gasteiger partial charge in [-0.15, -0.1) is 0 Å². The van der Waals surface area contributed by atoms with Crippen LogP contribution in [0.2, 0.25) is 0 Å². The number of hydrogen-bond acceptors (Lipinski definition) is 4. The van der Waals surface area contributed by atoms with Gasteiger partial charge >= 0.3 is 5.97 Å². The summed E-state index contributed by atoms with van der Waals surface area (Å²) >= 11 is 0. The molecule has 0 unspecified atom stereocenters. The molecule has 0 fully saturated rings. The topological polar surface area (TPSA) is 89.8 Å². The predicted octanol–water partition coefficient (Wildman–Crippen LogP) is 0.345. The summed E-state index contributed by atoms with van der Waals surface area (Å²) in [5.41, 5.74) is 0.898. The lowest BCUT2D eigenvalue weighted by molar-refractivity contribution is -0.131. The number of hydrogen-bond donors (Lipinski definition) is 4. The second-order valence-corrected chi connectivity index (χ2v) is 3.28. The molecule has 0 aliphatic carbocycles. The first kappa shape index (κ1) is 16.3. The zero-order valence-electron chi connectivity index (χ0n) is 10.1. The van der Waals surface area contributed by atoms with Gasteiger partial charge in [0.05, 0.1) is 13.2 Å². The molecule has 0 spiro atoms. The Morgan fingerprint density at radius 3 is 2.11 bits per heavy atom. The molecule has 100 valence electrons. The third-order valence-corrected chi connectivity index (χ3v) is 1.80. The SMILES string of the molecule is O=C(O)/C=C/c1ccccc1.OCCNCCO. The van der Waals surface area contributed by atoms with Crippen molar-refractivity contribution in [2.75, 3.05) is 26.3 Å². The van der Waals surface area contributed by atoms with Crippen molar-refractivity contribution in [1.82, 2.24) is 5.32 Å².